The highest BCUT2D eigenvalue weighted by Crippen LogP contribution is 2.27. The van der Waals surface area contributed by atoms with Gasteiger partial charge in [0, 0.05) is 24.1 Å². The van der Waals surface area contributed by atoms with E-state index in [1.54, 1.807) is 11.0 Å². The largest absolute Gasteiger partial charge is 0.492 e. The Kier molecular flexibility index (Phi) is 6.60. The van der Waals surface area contributed by atoms with Gasteiger partial charge in [-0.3, -0.25) is 0 Å². The predicted molar refractivity (Wildman–Crippen MR) is 85.1 cm³/mol. The minimum atomic E-state index is -0.0417. The summed E-state index contributed by atoms with van der Waals surface area (Å²) in [6.45, 7) is 3.60. The number of hydrogen-bond acceptors (Lipinski definition) is 3. The second-order valence-corrected chi connectivity index (χ2v) is 5.93. The summed E-state index contributed by atoms with van der Waals surface area (Å²) in [6, 6.07) is 5.44. The van der Waals surface area contributed by atoms with Crippen LogP contribution < -0.4 is 10.1 Å². The van der Waals surface area contributed by atoms with Gasteiger partial charge in [0.25, 0.3) is 0 Å². The van der Waals surface area contributed by atoms with Crippen molar-refractivity contribution in [3.8, 4) is 5.75 Å². The maximum atomic E-state index is 11.8. The summed E-state index contributed by atoms with van der Waals surface area (Å²) in [6.07, 6.45) is 0.725. The lowest BCUT2D eigenvalue weighted by Gasteiger charge is -2.26. The maximum absolute atomic E-state index is 11.8. The Morgan fingerprint density at radius 3 is 2.90 bits per heavy atom. The van der Waals surface area contributed by atoms with Crippen LogP contribution in [-0.2, 0) is 4.74 Å². The number of morpholine rings is 1. The lowest BCUT2D eigenvalue weighted by molar-refractivity contribution is 0.0532. The average Bonchev–Trinajstić information content (AvgIpc) is 2.49. The summed E-state index contributed by atoms with van der Waals surface area (Å²) in [7, 11) is 0. The first kappa shape index (κ1) is 16.4. The molecule has 2 amide bonds. The third-order valence-corrected chi connectivity index (χ3v) is 3.84. The number of urea groups is 1. The van der Waals surface area contributed by atoms with Crippen molar-refractivity contribution >= 4 is 33.6 Å². The summed E-state index contributed by atoms with van der Waals surface area (Å²) >= 11 is 9.39. The van der Waals surface area contributed by atoms with E-state index in [0.29, 0.717) is 50.2 Å². The first-order chi connectivity index (χ1) is 10.2. The lowest BCUT2D eigenvalue weighted by Crippen LogP contribution is -2.46. The van der Waals surface area contributed by atoms with Crippen molar-refractivity contribution in [1.29, 1.82) is 0 Å². The number of rotatable bonds is 5. The number of nitrogens with one attached hydrogen (secondary N) is 1. The normalized spacial score (nSPS) is 14.9. The molecule has 0 spiro atoms. The number of amides is 2. The van der Waals surface area contributed by atoms with Gasteiger partial charge >= 0.3 is 6.03 Å². The first-order valence-corrected chi connectivity index (χ1v) is 8.02. The molecule has 0 aliphatic carbocycles. The quantitative estimate of drug-likeness (QED) is 0.803. The van der Waals surface area contributed by atoms with Gasteiger partial charge in [0.05, 0.1) is 24.8 Å². The van der Waals surface area contributed by atoms with Gasteiger partial charge in [0.1, 0.15) is 5.75 Å². The molecule has 1 saturated heterocycles. The van der Waals surface area contributed by atoms with Gasteiger partial charge in [0.2, 0.25) is 0 Å². The van der Waals surface area contributed by atoms with Gasteiger partial charge in [-0.2, -0.15) is 0 Å². The molecule has 1 aromatic rings. The van der Waals surface area contributed by atoms with E-state index in [-0.39, 0.29) is 6.03 Å². The topological polar surface area (TPSA) is 50.8 Å². The molecule has 1 aromatic carbocycles. The summed E-state index contributed by atoms with van der Waals surface area (Å²) in [5.41, 5.74) is 0. The van der Waals surface area contributed by atoms with Crippen LogP contribution in [-0.4, -0.2) is 50.4 Å². The highest BCUT2D eigenvalue weighted by molar-refractivity contribution is 9.10. The zero-order chi connectivity index (χ0) is 15.1. The Labute approximate surface area is 137 Å². The van der Waals surface area contributed by atoms with E-state index in [4.69, 9.17) is 21.1 Å². The zero-order valence-electron chi connectivity index (χ0n) is 11.6. The molecule has 0 atom stereocenters. The Bertz CT molecular complexity index is 481. The molecule has 1 aliphatic rings. The first-order valence-electron chi connectivity index (χ1n) is 6.85. The van der Waals surface area contributed by atoms with Crippen LogP contribution in [0.15, 0.2) is 22.7 Å². The molecule has 0 unspecified atom stereocenters. The smallest absolute Gasteiger partial charge is 0.317 e. The fourth-order valence-corrected chi connectivity index (χ4v) is 2.65. The van der Waals surface area contributed by atoms with Crippen molar-refractivity contribution in [2.75, 3.05) is 39.5 Å². The summed E-state index contributed by atoms with van der Waals surface area (Å²) in [5.74, 6) is 0.652. The van der Waals surface area contributed by atoms with Crippen LogP contribution in [0.1, 0.15) is 6.42 Å². The van der Waals surface area contributed by atoms with Crippen molar-refractivity contribution in [3.05, 3.63) is 27.7 Å². The van der Waals surface area contributed by atoms with Gasteiger partial charge in [-0.05, 0) is 24.6 Å². The van der Waals surface area contributed by atoms with Crippen molar-refractivity contribution in [1.82, 2.24) is 10.2 Å². The van der Waals surface area contributed by atoms with Crippen molar-refractivity contribution in [2.24, 2.45) is 0 Å². The van der Waals surface area contributed by atoms with Crippen molar-refractivity contribution < 1.29 is 14.3 Å². The molecule has 5 nitrogen and oxygen atoms in total. The van der Waals surface area contributed by atoms with Gasteiger partial charge in [-0.15, -0.1) is 0 Å². The number of nitrogens with zero attached hydrogens (tertiary/aromatic N) is 1. The second kappa shape index (κ2) is 8.46. The van der Waals surface area contributed by atoms with Crippen LogP contribution in [0.2, 0.25) is 5.02 Å². The number of ether oxygens (including phenoxy) is 2. The monoisotopic (exact) mass is 376 g/mol. The molecular formula is C14H18BrClN2O3. The zero-order valence-corrected chi connectivity index (χ0v) is 14.0. The van der Waals surface area contributed by atoms with E-state index in [2.05, 4.69) is 21.2 Å². The Morgan fingerprint density at radius 2 is 2.19 bits per heavy atom. The standard InChI is InChI=1S/C14H18BrClN2O3/c15-11-2-3-13(12(16)10-11)21-7-1-4-17-14(19)18-5-8-20-9-6-18/h2-3,10H,1,4-9H2,(H,17,19). The molecule has 0 aromatic heterocycles. The van der Waals surface area contributed by atoms with E-state index >= 15 is 0 Å². The highest BCUT2D eigenvalue weighted by Gasteiger charge is 2.15. The van der Waals surface area contributed by atoms with Gasteiger partial charge in [-0.25, -0.2) is 4.79 Å². The van der Waals surface area contributed by atoms with Gasteiger partial charge in [-0.1, -0.05) is 27.5 Å². The van der Waals surface area contributed by atoms with Crippen molar-refractivity contribution in [2.45, 2.75) is 6.42 Å². The summed E-state index contributed by atoms with van der Waals surface area (Å²) in [4.78, 5) is 13.6. The molecule has 116 valence electrons. The lowest BCUT2D eigenvalue weighted by atomic mass is 10.3. The number of carbonyl (C=O) groups excluding carboxylic acids is 1. The number of carbonyl (C=O) groups is 1. The Balaban J connectivity index is 1.62. The van der Waals surface area contributed by atoms with Crippen LogP contribution in [0, 0.1) is 0 Å². The highest BCUT2D eigenvalue weighted by atomic mass is 79.9. The van der Waals surface area contributed by atoms with Gasteiger partial charge < -0.3 is 19.7 Å². The Morgan fingerprint density at radius 1 is 1.43 bits per heavy atom. The number of hydrogen-bond donors (Lipinski definition) is 1. The fraction of sp³-hybridized carbons (Fsp3) is 0.500. The van der Waals surface area contributed by atoms with Gasteiger partial charge in [0.15, 0.2) is 0 Å². The van der Waals surface area contributed by atoms with Crippen LogP contribution >= 0.6 is 27.5 Å². The number of halogens is 2. The van der Waals surface area contributed by atoms with E-state index in [0.717, 1.165) is 10.9 Å². The van der Waals surface area contributed by atoms with Crippen LogP contribution in [0.25, 0.3) is 0 Å². The molecule has 0 saturated carbocycles. The average molecular weight is 378 g/mol. The third kappa shape index (κ3) is 5.37. The summed E-state index contributed by atoms with van der Waals surface area (Å²) < 4.78 is 11.7. The number of benzene rings is 1. The minimum Gasteiger partial charge on any atom is -0.492 e. The summed E-state index contributed by atoms with van der Waals surface area (Å²) in [5, 5.41) is 3.44. The van der Waals surface area contributed by atoms with E-state index < -0.39 is 0 Å². The van der Waals surface area contributed by atoms with E-state index in [9.17, 15) is 4.79 Å². The van der Waals surface area contributed by atoms with E-state index in [1.807, 2.05) is 12.1 Å². The SMILES string of the molecule is O=C(NCCCOc1ccc(Br)cc1Cl)N1CCOCC1. The second-order valence-electron chi connectivity index (χ2n) is 4.61. The molecule has 2 rings (SSSR count). The molecule has 1 heterocycles. The van der Waals surface area contributed by atoms with Crippen molar-refractivity contribution in [3.63, 3.8) is 0 Å². The molecule has 7 heteroatoms. The molecule has 1 aliphatic heterocycles. The molecule has 21 heavy (non-hydrogen) atoms. The minimum absolute atomic E-state index is 0.0417. The maximum Gasteiger partial charge on any atom is 0.317 e. The fourth-order valence-electron chi connectivity index (χ4n) is 1.92. The molecule has 1 N–H and O–H groups in total. The molecule has 1 fully saturated rings. The third-order valence-electron chi connectivity index (χ3n) is 3.05. The van der Waals surface area contributed by atoms with E-state index in [1.165, 1.54) is 0 Å². The van der Waals surface area contributed by atoms with Crippen LogP contribution in [0.5, 0.6) is 5.75 Å². The molecular weight excluding hydrogens is 360 g/mol. The predicted octanol–water partition coefficient (Wildman–Crippen LogP) is 2.91. The van der Waals surface area contributed by atoms with Crippen LogP contribution in [0.4, 0.5) is 4.79 Å². The molecule has 0 bridgehead atoms. The molecule has 0 radical (unpaired) electrons. The van der Waals surface area contributed by atoms with Crippen LogP contribution in [0.3, 0.4) is 0 Å². The Hall–Kier alpha value is -0.980.